The number of nitrogens with zero attached hydrogens (tertiary/aromatic N) is 3. The van der Waals surface area contributed by atoms with Crippen LogP contribution in [0.25, 0.3) is 0 Å². The number of benzene rings is 1. The normalized spacial score (nSPS) is 32.1. The van der Waals surface area contributed by atoms with Gasteiger partial charge in [-0.1, -0.05) is 18.2 Å². The van der Waals surface area contributed by atoms with Gasteiger partial charge in [0.25, 0.3) is 17.5 Å². The van der Waals surface area contributed by atoms with Crippen LogP contribution in [0.4, 0.5) is 5.69 Å². The fraction of sp³-hybridized carbons (Fsp3) is 0.389. The third-order valence-corrected chi connectivity index (χ3v) is 6.43. The average molecular weight is 367 g/mol. The number of amides is 2. The molecule has 5 rings (SSSR count). The van der Waals surface area contributed by atoms with Gasteiger partial charge in [0.15, 0.2) is 0 Å². The smallest absolute Gasteiger partial charge is 0.262 e. The lowest BCUT2D eigenvalue weighted by Crippen LogP contribution is -2.30. The van der Waals surface area contributed by atoms with Crippen molar-refractivity contribution in [3.63, 3.8) is 0 Å². The van der Waals surface area contributed by atoms with Crippen LogP contribution in [0.1, 0.15) is 18.4 Å². The Morgan fingerprint density at radius 2 is 1.67 bits per heavy atom. The van der Waals surface area contributed by atoms with Gasteiger partial charge in [-0.05, 0) is 41.4 Å². The van der Waals surface area contributed by atoms with E-state index in [-0.39, 0.29) is 22.8 Å². The molecule has 1 aromatic rings. The van der Waals surface area contributed by atoms with Gasteiger partial charge in [-0.15, -0.1) is 5.75 Å². The van der Waals surface area contributed by atoms with E-state index < -0.39 is 45.8 Å². The minimum Gasteiger partial charge on any atom is -0.872 e. The summed E-state index contributed by atoms with van der Waals surface area (Å²) in [5.41, 5.74) is -0.910. The highest BCUT2D eigenvalue weighted by molar-refractivity contribution is 6.07. The molecule has 27 heavy (non-hydrogen) atoms. The molecule has 0 unspecified atom stereocenters. The third kappa shape index (κ3) is 1.91. The van der Waals surface area contributed by atoms with Crippen LogP contribution in [0.3, 0.4) is 0 Å². The lowest BCUT2D eigenvalue weighted by Gasteiger charge is -2.19. The van der Waals surface area contributed by atoms with Gasteiger partial charge in [-0.25, -0.2) is 0 Å². The molecule has 2 saturated carbocycles. The molecular weight excluding hydrogens is 354 g/mol. The number of imide groups is 1. The van der Waals surface area contributed by atoms with Gasteiger partial charge >= 0.3 is 0 Å². The Labute approximate surface area is 152 Å². The molecule has 0 radical (unpaired) electrons. The van der Waals surface area contributed by atoms with E-state index in [4.69, 9.17) is 0 Å². The number of carbonyl (C=O) groups is 2. The number of allylic oxidation sites excluding steroid dienone is 2. The van der Waals surface area contributed by atoms with Gasteiger partial charge in [0.05, 0.1) is 23.0 Å². The molecular formula is C18H13N3O6-2. The predicted octanol–water partition coefficient (Wildman–Crippen LogP) is 0.273. The summed E-state index contributed by atoms with van der Waals surface area (Å²) in [6, 6.07) is 1.41. The van der Waals surface area contributed by atoms with Gasteiger partial charge in [0, 0.05) is 6.07 Å². The van der Waals surface area contributed by atoms with Crippen molar-refractivity contribution < 1.29 is 24.7 Å². The van der Waals surface area contributed by atoms with Crippen molar-refractivity contribution in [3.8, 4) is 11.5 Å². The second-order valence-corrected chi connectivity index (χ2v) is 7.57. The topological polar surface area (TPSA) is 139 Å². The lowest BCUT2D eigenvalue weighted by molar-refractivity contribution is -0.398. The van der Waals surface area contributed by atoms with E-state index in [1.54, 1.807) is 0 Å². The molecule has 9 heteroatoms. The van der Waals surface area contributed by atoms with E-state index in [0.29, 0.717) is 6.07 Å². The molecule has 3 fully saturated rings. The Hall–Kier alpha value is -3.23. The number of nitro groups is 1. The van der Waals surface area contributed by atoms with Crippen LogP contribution < -0.4 is 10.2 Å². The minimum absolute atomic E-state index is 0.0556. The first-order valence-electron chi connectivity index (χ1n) is 8.62. The summed E-state index contributed by atoms with van der Waals surface area (Å²) >= 11 is 0. The van der Waals surface area contributed by atoms with E-state index in [9.17, 15) is 29.9 Å². The largest absolute Gasteiger partial charge is 0.872 e. The van der Waals surface area contributed by atoms with Crippen molar-refractivity contribution in [1.82, 2.24) is 5.01 Å². The molecule has 2 amide bonds. The first kappa shape index (κ1) is 16.0. The van der Waals surface area contributed by atoms with Crippen molar-refractivity contribution in [1.29, 1.82) is 0 Å². The number of hydrogen-bond acceptors (Lipinski definition) is 7. The summed E-state index contributed by atoms with van der Waals surface area (Å²) < 4.78 is 0. The number of carbonyl (C=O) groups excluding carboxylic acids is 2. The quantitative estimate of drug-likeness (QED) is 0.247. The van der Waals surface area contributed by atoms with Crippen molar-refractivity contribution in [2.45, 2.75) is 12.8 Å². The summed E-state index contributed by atoms with van der Waals surface area (Å²) in [6.45, 7) is 0. The zero-order valence-corrected chi connectivity index (χ0v) is 13.9. The van der Waals surface area contributed by atoms with Crippen LogP contribution in [0.15, 0.2) is 29.4 Å². The molecule has 1 aliphatic heterocycles. The molecule has 1 heterocycles. The maximum atomic E-state index is 12.8. The van der Waals surface area contributed by atoms with Crippen molar-refractivity contribution in [2.75, 3.05) is 0 Å². The number of hydrogen-bond donors (Lipinski definition) is 0. The highest BCUT2D eigenvalue weighted by Gasteiger charge is 2.73. The zero-order valence-electron chi connectivity index (χ0n) is 13.9. The highest BCUT2D eigenvalue weighted by Crippen LogP contribution is 2.73. The third-order valence-electron chi connectivity index (χ3n) is 6.43. The van der Waals surface area contributed by atoms with E-state index in [2.05, 4.69) is 5.10 Å². The lowest BCUT2D eigenvalue weighted by atomic mass is 9.85. The number of rotatable bonds is 3. The van der Waals surface area contributed by atoms with E-state index in [1.807, 2.05) is 12.2 Å². The molecule has 1 saturated heterocycles. The average Bonchev–Trinajstić information content (AvgIpc) is 3.21. The van der Waals surface area contributed by atoms with Gasteiger partial charge in [-0.2, -0.15) is 10.1 Å². The maximum absolute atomic E-state index is 12.8. The Morgan fingerprint density at radius 1 is 1.07 bits per heavy atom. The molecule has 0 N–H and O–H groups in total. The van der Waals surface area contributed by atoms with Crippen molar-refractivity contribution in [2.24, 2.45) is 34.2 Å². The molecule has 4 atom stereocenters. The van der Waals surface area contributed by atoms with Crippen LogP contribution in [0.2, 0.25) is 0 Å². The standard InChI is InChI=1S/C18H15N3O6/c22-12-6-13(23)11(21(26)27)5-8(12)7-19-20-16(24)14-9-1-2-10(15(14)17(20)25)18(9)3-4-18/h1-2,5-7,9-10,14-15,22-23H,3-4H2/p-2/b19-7-/t9-,10+,14-,15+. The first-order valence-corrected chi connectivity index (χ1v) is 8.62. The van der Waals surface area contributed by atoms with E-state index >= 15 is 0 Å². The fourth-order valence-corrected chi connectivity index (χ4v) is 5.11. The molecule has 3 aliphatic carbocycles. The molecule has 138 valence electrons. The second-order valence-electron chi connectivity index (χ2n) is 7.57. The summed E-state index contributed by atoms with van der Waals surface area (Å²) in [5.74, 6) is -3.28. The highest BCUT2D eigenvalue weighted by atomic mass is 16.6. The molecule has 0 aromatic heterocycles. The minimum atomic E-state index is -0.998. The Morgan fingerprint density at radius 3 is 2.19 bits per heavy atom. The zero-order chi connectivity index (χ0) is 19.1. The fourth-order valence-electron chi connectivity index (χ4n) is 5.11. The SMILES string of the molecule is O=C1[C@@H]2[C@H](C(=O)N1/N=C\c1cc([N+](=O)[O-])c([O-])cc1[O-])[C@H]1C=C[C@@H]2C12CC2. The van der Waals surface area contributed by atoms with Crippen molar-refractivity contribution in [3.05, 3.63) is 40.0 Å². The van der Waals surface area contributed by atoms with E-state index in [1.165, 1.54) is 0 Å². The van der Waals surface area contributed by atoms with Crippen LogP contribution in [-0.2, 0) is 9.59 Å². The summed E-state index contributed by atoms with van der Waals surface area (Å²) in [7, 11) is 0. The van der Waals surface area contributed by atoms with Gasteiger partial charge in [0.2, 0.25) is 0 Å². The van der Waals surface area contributed by atoms with E-state index in [0.717, 1.165) is 30.1 Å². The van der Waals surface area contributed by atoms with Gasteiger partial charge in [0.1, 0.15) is 0 Å². The molecule has 4 aliphatic rings. The Kier molecular flexibility index (Phi) is 2.92. The van der Waals surface area contributed by atoms with Crippen LogP contribution >= 0.6 is 0 Å². The number of hydrazone groups is 1. The summed E-state index contributed by atoms with van der Waals surface area (Å²) in [5, 5.41) is 38.8. The van der Waals surface area contributed by atoms with Gasteiger partial charge in [-0.3, -0.25) is 19.7 Å². The van der Waals surface area contributed by atoms with Crippen molar-refractivity contribution >= 4 is 23.7 Å². The molecule has 9 nitrogen and oxygen atoms in total. The number of fused-ring (bicyclic) bond motifs is 3. The second kappa shape index (κ2) is 4.93. The maximum Gasteiger partial charge on any atom is 0.262 e. The van der Waals surface area contributed by atoms with Crippen LogP contribution in [0, 0.1) is 39.2 Å². The number of nitro benzene ring substituents is 1. The van der Waals surface area contributed by atoms with Crippen LogP contribution in [0.5, 0.6) is 11.5 Å². The van der Waals surface area contributed by atoms with Gasteiger partial charge < -0.3 is 10.2 Å². The summed E-state index contributed by atoms with van der Waals surface area (Å²) in [4.78, 5) is 35.5. The van der Waals surface area contributed by atoms with Crippen LogP contribution in [-0.4, -0.2) is 28.0 Å². The molecule has 1 aromatic carbocycles. The molecule has 2 bridgehead atoms. The Bertz CT molecular complexity index is 946. The monoisotopic (exact) mass is 367 g/mol. The molecule has 1 spiro atoms. The predicted molar refractivity (Wildman–Crippen MR) is 86.2 cm³/mol. The summed E-state index contributed by atoms with van der Waals surface area (Å²) in [6.07, 6.45) is 7.05. The first-order chi connectivity index (χ1) is 12.8. The Balaban J connectivity index is 1.45.